The monoisotopic (exact) mass is 687 g/mol. The number of β-lactam (4-membered cyclic amide) rings is 1. The van der Waals surface area contributed by atoms with Gasteiger partial charge in [-0.15, -0.1) is 23.1 Å². The number of thioether (sulfide) groups is 2. The molecule has 2 aliphatic rings. The molecule has 2 atom stereocenters. The van der Waals surface area contributed by atoms with E-state index in [1.807, 2.05) is 85.4 Å². The molecular formula is C32H29N7O5S3. The number of oxime groups is 1. The number of nitrogens with two attached hydrogens (primary N) is 1. The van der Waals surface area contributed by atoms with Gasteiger partial charge in [0, 0.05) is 34.8 Å². The second kappa shape index (κ2) is 14.3. The number of fused-ring (bicyclic) bond motifs is 1. The first-order valence-corrected chi connectivity index (χ1v) is 17.1. The smallest absolute Gasteiger partial charge is 0.356 e. The molecule has 0 radical (unpaired) electrons. The minimum absolute atomic E-state index is 0.118. The van der Waals surface area contributed by atoms with Crippen molar-refractivity contribution in [3.8, 4) is 0 Å². The van der Waals surface area contributed by atoms with Gasteiger partial charge in [-0.05, 0) is 22.6 Å². The molecule has 240 valence electrons. The Balaban J connectivity index is 1.29. The van der Waals surface area contributed by atoms with Gasteiger partial charge in [0.1, 0.15) is 29.9 Å². The molecule has 0 bridgehead atoms. The fourth-order valence-corrected chi connectivity index (χ4v) is 7.94. The molecule has 0 saturated carbocycles. The number of nitrogen functional groups attached to an aromatic ring is 1. The Hall–Kier alpha value is -4.86. The molecule has 2 aliphatic heterocycles. The lowest BCUT2D eigenvalue weighted by molar-refractivity contribution is -0.154. The lowest BCUT2D eigenvalue weighted by atomic mass is 10.0. The van der Waals surface area contributed by atoms with Crippen LogP contribution in [0.4, 0.5) is 5.13 Å². The number of aromatic nitrogens is 3. The number of thiazole rings is 1. The van der Waals surface area contributed by atoms with E-state index in [9.17, 15) is 14.4 Å². The van der Waals surface area contributed by atoms with Crippen LogP contribution in [0.5, 0.6) is 0 Å². The fraction of sp³-hybridized carbons (Fsp3) is 0.188. The standard InChI is InChI=1S/C32H29N7O5S3/c1-38-16-19(15-34-38)13-14-45-23-18-46-30-25(36-28(40)24(37-43-2)22-17-47-32(33)35-22)29(41)39(30)26(23)31(42)44-27(20-9-5-3-6-10-20)21-11-7-4-8-12-21/h3-17,25,27,30H,18H2,1-2H3,(H2,33,35)(H,36,40)/b14-13-,37-24-/t25-,30-/m1/s1. The number of aryl methyl sites for hydroxylation is 1. The van der Waals surface area contributed by atoms with E-state index in [-0.39, 0.29) is 22.2 Å². The topological polar surface area (TPSA) is 154 Å². The van der Waals surface area contributed by atoms with Gasteiger partial charge in [0.25, 0.3) is 11.8 Å². The minimum atomic E-state index is -0.926. The molecule has 6 rings (SSSR count). The quantitative estimate of drug-likeness (QED) is 0.102. The van der Waals surface area contributed by atoms with Crippen LogP contribution in [0.3, 0.4) is 0 Å². The predicted molar refractivity (Wildman–Crippen MR) is 183 cm³/mol. The van der Waals surface area contributed by atoms with Crippen molar-refractivity contribution in [3.05, 3.63) is 117 Å². The zero-order chi connectivity index (χ0) is 32.9. The Morgan fingerprint density at radius 3 is 2.45 bits per heavy atom. The van der Waals surface area contributed by atoms with Crippen molar-refractivity contribution in [1.82, 2.24) is 25.0 Å². The van der Waals surface area contributed by atoms with Crippen LogP contribution >= 0.6 is 34.9 Å². The third kappa shape index (κ3) is 6.96. The number of anilines is 1. The molecule has 2 aromatic heterocycles. The Labute approximate surface area is 282 Å². The van der Waals surface area contributed by atoms with Crippen LogP contribution in [0.25, 0.3) is 6.08 Å². The number of esters is 1. The van der Waals surface area contributed by atoms with E-state index >= 15 is 0 Å². The number of rotatable bonds is 11. The number of hydrogen-bond donors (Lipinski definition) is 2. The largest absolute Gasteiger partial charge is 0.448 e. The van der Waals surface area contributed by atoms with Gasteiger partial charge < -0.3 is 20.6 Å². The second-order valence-corrected chi connectivity index (χ2v) is 13.3. The second-order valence-electron chi connectivity index (χ2n) is 10.3. The number of hydrogen-bond acceptors (Lipinski definition) is 12. The molecule has 0 unspecified atom stereocenters. The number of nitrogens with one attached hydrogen (secondary N) is 1. The van der Waals surface area contributed by atoms with Crippen molar-refractivity contribution < 1.29 is 24.0 Å². The minimum Gasteiger partial charge on any atom is -0.448 e. The van der Waals surface area contributed by atoms with Crippen molar-refractivity contribution in [1.29, 1.82) is 0 Å². The molecular weight excluding hydrogens is 659 g/mol. The maximum absolute atomic E-state index is 14.2. The highest BCUT2D eigenvalue weighted by molar-refractivity contribution is 8.08. The van der Waals surface area contributed by atoms with Crippen molar-refractivity contribution >= 4 is 69.6 Å². The molecule has 4 aromatic rings. The van der Waals surface area contributed by atoms with E-state index in [4.69, 9.17) is 15.3 Å². The van der Waals surface area contributed by atoms with Gasteiger partial charge in [-0.2, -0.15) is 5.10 Å². The predicted octanol–water partition coefficient (Wildman–Crippen LogP) is 4.16. The molecule has 47 heavy (non-hydrogen) atoms. The molecule has 2 aromatic carbocycles. The summed E-state index contributed by atoms with van der Waals surface area (Å²) < 4.78 is 7.91. The highest BCUT2D eigenvalue weighted by atomic mass is 32.2. The molecule has 2 amide bonds. The average Bonchev–Trinajstić information content (AvgIpc) is 3.72. The summed E-state index contributed by atoms with van der Waals surface area (Å²) in [5.41, 5.74) is 8.45. The summed E-state index contributed by atoms with van der Waals surface area (Å²) >= 11 is 3.91. The van der Waals surface area contributed by atoms with Crippen LogP contribution < -0.4 is 11.1 Å². The number of nitrogens with zero attached hydrogens (tertiary/aromatic N) is 5. The molecule has 0 aliphatic carbocycles. The van der Waals surface area contributed by atoms with Gasteiger partial charge in [-0.25, -0.2) is 9.78 Å². The summed E-state index contributed by atoms with van der Waals surface area (Å²) in [4.78, 5) is 52.2. The number of amides is 2. The number of carbonyl (C=O) groups excluding carboxylic acids is 3. The molecule has 1 fully saturated rings. The van der Waals surface area contributed by atoms with Crippen LogP contribution in [0.1, 0.15) is 28.5 Å². The van der Waals surface area contributed by atoms with E-state index < -0.39 is 35.3 Å². The first kappa shape index (κ1) is 32.1. The summed E-state index contributed by atoms with van der Waals surface area (Å²) in [6, 6.07) is 17.9. The van der Waals surface area contributed by atoms with Crippen LogP contribution in [0.2, 0.25) is 0 Å². The zero-order valence-corrected chi connectivity index (χ0v) is 27.6. The van der Waals surface area contributed by atoms with Crippen LogP contribution in [0, 0.1) is 0 Å². The molecule has 0 spiro atoms. The SMILES string of the molecule is CO/N=C(\C(=O)N[C@@H]1C(=O)N2C(C(=O)OC(c3ccccc3)c3ccccc3)=C(S/C=C\c3cnn(C)c3)CS[C@H]12)c1csc(N)n1. The molecule has 4 heterocycles. The number of ether oxygens (including phenoxy) is 1. The Bertz CT molecular complexity index is 1830. The third-order valence-corrected chi connectivity index (χ3v) is 10.2. The van der Waals surface area contributed by atoms with Crippen LogP contribution in [-0.4, -0.2) is 67.4 Å². The maximum Gasteiger partial charge on any atom is 0.356 e. The zero-order valence-electron chi connectivity index (χ0n) is 25.2. The van der Waals surface area contributed by atoms with E-state index in [1.165, 1.54) is 35.5 Å². The highest BCUT2D eigenvalue weighted by Gasteiger charge is 2.55. The Morgan fingerprint density at radius 1 is 1.15 bits per heavy atom. The van der Waals surface area contributed by atoms with Crippen LogP contribution in [0.15, 0.2) is 99.6 Å². The normalized spacial score (nSPS) is 17.9. The van der Waals surface area contributed by atoms with E-state index in [1.54, 1.807) is 16.3 Å². The number of benzene rings is 2. The fourth-order valence-electron chi connectivity index (χ4n) is 5.04. The molecule has 12 nitrogen and oxygen atoms in total. The van der Waals surface area contributed by atoms with Crippen molar-refractivity contribution in [2.75, 3.05) is 18.6 Å². The van der Waals surface area contributed by atoms with Gasteiger partial charge in [0.05, 0.1) is 6.20 Å². The third-order valence-electron chi connectivity index (χ3n) is 7.20. The number of carbonyl (C=O) groups is 3. The Morgan fingerprint density at radius 2 is 1.85 bits per heavy atom. The summed E-state index contributed by atoms with van der Waals surface area (Å²) in [5, 5.41) is 13.9. The maximum atomic E-state index is 14.2. The van der Waals surface area contributed by atoms with E-state index in [0.29, 0.717) is 10.7 Å². The molecule has 15 heteroatoms. The molecule has 1 saturated heterocycles. The van der Waals surface area contributed by atoms with E-state index in [2.05, 4.69) is 20.6 Å². The van der Waals surface area contributed by atoms with Crippen LogP contribution in [-0.2, 0) is 31.0 Å². The van der Waals surface area contributed by atoms with Gasteiger partial charge in [-0.1, -0.05) is 77.6 Å². The summed E-state index contributed by atoms with van der Waals surface area (Å²) in [5.74, 6) is -1.36. The highest BCUT2D eigenvalue weighted by Crippen LogP contribution is 2.45. The summed E-state index contributed by atoms with van der Waals surface area (Å²) in [6.45, 7) is 0. The van der Waals surface area contributed by atoms with Gasteiger partial charge >= 0.3 is 5.97 Å². The van der Waals surface area contributed by atoms with Crippen molar-refractivity contribution in [2.24, 2.45) is 12.2 Å². The van der Waals surface area contributed by atoms with Crippen molar-refractivity contribution in [3.63, 3.8) is 0 Å². The average molecular weight is 688 g/mol. The first-order chi connectivity index (χ1) is 22.8. The lowest BCUT2D eigenvalue weighted by Gasteiger charge is -2.49. The first-order valence-electron chi connectivity index (χ1n) is 14.3. The van der Waals surface area contributed by atoms with Gasteiger partial charge in [0.15, 0.2) is 16.9 Å². The Kier molecular flexibility index (Phi) is 9.75. The summed E-state index contributed by atoms with van der Waals surface area (Å²) in [6.07, 6.45) is 4.76. The van der Waals surface area contributed by atoms with Crippen molar-refractivity contribution in [2.45, 2.75) is 17.5 Å². The summed E-state index contributed by atoms with van der Waals surface area (Å²) in [7, 11) is 3.13. The van der Waals surface area contributed by atoms with Gasteiger partial charge in [-0.3, -0.25) is 19.2 Å². The lowest BCUT2D eigenvalue weighted by Crippen LogP contribution is -2.71. The van der Waals surface area contributed by atoms with Gasteiger partial charge in [0.2, 0.25) is 0 Å². The molecule has 3 N–H and O–H groups in total. The van der Waals surface area contributed by atoms with E-state index in [0.717, 1.165) is 28.0 Å².